The molecule has 166 valence electrons. The van der Waals surface area contributed by atoms with Crippen molar-refractivity contribution in [1.82, 2.24) is 19.9 Å². The fraction of sp³-hybridized carbons (Fsp3) is 0.0625. The van der Waals surface area contributed by atoms with Crippen molar-refractivity contribution in [2.24, 2.45) is 0 Å². The topological polar surface area (TPSA) is 243 Å². The van der Waals surface area contributed by atoms with E-state index < -0.39 is 48.6 Å². The predicted molar refractivity (Wildman–Crippen MR) is 105 cm³/mol. The molecule has 0 aliphatic heterocycles. The first-order chi connectivity index (χ1) is 15.1. The Morgan fingerprint density at radius 1 is 0.750 bits per heavy atom. The van der Waals surface area contributed by atoms with Gasteiger partial charge in [0.05, 0.1) is 0 Å². The molecule has 0 unspecified atom stereocenters. The summed E-state index contributed by atoms with van der Waals surface area (Å²) in [4.78, 5) is 85.0. The first-order valence-corrected chi connectivity index (χ1v) is 9.45. The van der Waals surface area contributed by atoms with Crippen molar-refractivity contribution in [3.05, 3.63) is 85.8 Å². The number of rotatable bonds is 1. The van der Waals surface area contributed by atoms with Crippen molar-refractivity contribution >= 4 is 43.3 Å². The van der Waals surface area contributed by atoms with E-state index in [0.717, 1.165) is 6.07 Å². The number of H-pyrrole nitrogens is 4. The van der Waals surface area contributed by atoms with E-state index in [2.05, 4.69) is 18.8 Å². The van der Waals surface area contributed by atoms with Crippen molar-refractivity contribution < 1.29 is 21.3 Å². The molecule has 4 heterocycles. The van der Waals surface area contributed by atoms with Crippen LogP contribution in [0.5, 0.6) is 0 Å². The van der Waals surface area contributed by atoms with Gasteiger partial charge in [-0.15, -0.1) is 0 Å². The fourth-order valence-corrected chi connectivity index (χ4v) is 2.51. The standard InChI is InChI=1S/C8H4N2O5.C8H6N2O4.O2Se/c11-2-3-1-4(12)15-7-5(3)6(13)9-8(14)10-7;1-3-2-4(11)14-7-5(3)6(12)9-8(13)10-7;1-3-2/h1-2H,(H2,9,10,13,14);2H,1H3,(H2,9,10,12,13);. The summed E-state index contributed by atoms with van der Waals surface area (Å²) in [5.74, 6) is 0. The minimum atomic E-state index is -1.62. The third kappa shape index (κ3) is 5.38. The SMILES string of the molecule is Cc1cc(=O)oc2[nH]c(=O)[nH]c(=O)c12.O=Cc1cc(=O)oc2[nH]c(=O)[nH]c(=O)c12.O=[Se]=O. The molecule has 0 saturated carbocycles. The molecule has 16 heteroatoms. The molecular weight excluding hydrogens is 503 g/mol. The van der Waals surface area contributed by atoms with E-state index in [0.29, 0.717) is 11.8 Å². The van der Waals surface area contributed by atoms with Crippen molar-refractivity contribution in [1.29, 1.82) is 0 Å². The van der Waals surface area contributed by atoms with E-state index in [9.17, 15) is 33.6 Å². The van der Waals surface area contributed by atoms with Crippen LogP contribution in [-0.4, -0.2) is 41.0 Å². The number of nitrogens with one attached hydrogen (secondary N) is 4. The van der Waals surface area contributed by atoms with Crippen LogP contribution >= 0.6 is 0 Å². The van der Waals surface area contributed by atoms with Crippen LogP contribution in [0.25, 0.3) is 22.2 Å². The monoisotopic (exact) mass is 514 g/mol. The van der Waals surface area contributed by atoms with Gasteiger partial charge >= 0.3 is 45.1 Å². The Morgan fingerprint density at radius 2 is 1.19 bits per heavy atom. The number of aromatic amines is 4. The second-order valence-corrected chi connectivity index (χ2v) is 5.97. The Hall–Kier alpha value is -4.43. The van der Waals surface area contributed by atoms with E-state index in [4.69, 9.17) is 7.67 Å². The number of aromatic nitrogens is 4. The van der Waals surface area contributed by atoms with Crippen molar-refractivity contribution in [3.63, 3.8) is 0 Å². The number of carbonyl (C=O) groups is 1. The van der Waals surface area contributed by atoms with Crippen LogP contribution in [0.4, 0.5) is 0 Å². The zero-order chi connectivity index (χ0) is 24.0. The molecule has 4 aromatic heterocycles. The van der Waals surface area contributed by atoms with Gasteiger partial charge in [-0.05, 0) is 12.5 Å². The molecule has 4 N–H and O–H groups in total. The summed E-state index contributed by atoms with van der Waals surface area (Å²) in [6.07, 6.45) is 0.340. The normalized spacial score (nSPS) is 9.91. The summed E-state index contributed by atoms with van der Waals surface area (Å²) in [7, 11) is 0. The van der Waals surface area contributed by atoms with Gasteiger partial charge in [0, 0.05) is 17.7 Å². The van der Waals surface area contributed by atoms with Gasteiger partial charge in [0.15, 0.2) is 6.29 Å². The Balaban J connectivity index is 0.000000203. The maximum absolute atomic E-state index is 11.3. The number of aldehydes is 1. The van der Waals surface area contributed by atoms with Gasteiger partial charge in [-0.2, -0.15) is 0 Å². The van der Waals surface area contributed by atoms with E-state index >= 15 is 0 Å². The molecule has 4 rings (SSSR count). The molecule has 15 nitrogen and oxygen atoms in total. The molecule has 0 bridgehead atoms. The second-order valence-electron chi connectivity index (χ2n) is 5.68. The second kappa shape index (κ2) is 10.1. The van der Waals surface area contributed by atoms with E-state index in [1.165, 1.54) is 6.07 Å². The summed E-state index contributed by atoms with van der Waals surface area (Å²) >= 11 is -1.62. The number of hydrogen-bond acceptors (Lipinski definition) is 11. The number of carbonyl (C=O) groups excluding carboxylic acids is 1. The average molecular weight is 513 g/mol. The zero-order valence-electron chi connectivity index (χ0n) is 15.6. The molecule has 0 aliphatic carbocycles. The third-order valence-corrected chi connectivity index (χ3v) is 3.64. The van der Waals surface area contributed by atoms with E-state index in [1.807, 2.05) is 9.97 Å². The first-order valence-electron chi connectivity index (χ1n) is 8.05. The van der Waals surface area contributed by atoms with Gasteiger partial charge in [-0.25, -0.2) is 19.2 Å². The minimum absolute atomic E-state index is 0.0937. The molecule has 0 atom stereocenters. The Bertz CT molecular complexity index is 1700. The van der Waals surface area contributed by atoms with Gasteiger partial charge in [0.1, 0.15) is 10.8 Å². The molecule has 0 radical (unpaired) electrons. The molecule has 0 aromatic carbocycles. The zero-order valence-corrected chi connectivity index (χ0v) is 17.3. The van der Waals surface area contributed by atoms with Gasteiger partial charge < -0.3 is 8.83 Å². The summed E-state index contributed by atoms with van der Waals surface area (Å²) in [5, 5.41) is 0.0356. The molecule has 0 aliphatic rings. The molecule has 32 heavy (non-hydrogen) atoms. The van der Waals surface area contributed by atoms with Gasteiger partial charge in [0.25, 0.3) is 11.1 Å². The van der Waals surface area contributed by atoms with Crippen LogP contribution in [0.3, 0.4) is 0 Å². The molecule has 0 amide bonds. The number of aryl methyl sites for hydroxylation is 1. The Morgan fingerprint density at radius 3 is 1.69 bits per heavy atom. The quantitative estimate of drug-likeness (QED) is 0.158. The molecule has 0 saturated heterocycles. The molecular formula is C16H10N4O11Se. The summed E-state index contributed by atoms with van der Waals surface area (Å²) in [5.41, 5.74) is -4.32. The van der Waals surface area contributed by atoms with Gasteiger partial charge in [0.2, 0.25) is 11.4 Å². The third-order valence-electron chi connectivity index (χ3n) is 3.64. The van der Waals surface area contributed by atoms with Crippen LogP contribution in [0.1, 0.15) is 15.9 Å². The number of hydrogen-bond donors (Lipinski definition) is 4. The average Bonchev–Trinajstić information content (AvgIpc) is 2.66. The van der Waals surface area contributed by atoms with Crippen LogP contribution in [0, 0.1) is 6.92 Å². The Kier molecular flexibility index (Phi) is 7.49. The van der Waals surface area contributed by atoms with Gasteiger partial charge in [-0.1, -0.05) is 0 Å². The molecule has 0 spiro atoms. The first kappa shape index (κ1) is 23.8. The summed E-state index contributed by atoms with van der Waals surface area (Å²) < 4.78 is 26.1. The van der Waals surface area contributed by atoms with Crippen LogP contribution < -0.4 is 33.7 Å². The molecule has 4 aromatic rings. The fourth-order valence-electron chi connectivity index (χ4n) is 2.51. The predicted octanol–water partition coefficient (Wildman–Crippen LogP) is -2.16. The summed E-state index contributed by atoms with van der Waals surface area (Å²) in [6.45, 7) is 1.59. The van der Waals surface area contributed by atoms with Crippen molar-refractivity contribution in [2.75, 3.05) is 0 Å². The van der Waals surface area contributed by atoms with Crippen LogP contribution in [-0.2, 0) is 7.67 Å². The maximum atomic E-state index is 11.3. The number of fused-ring (bicyclic) bond motifs is 2. The van der Waals surface area contributed by atoms with E-state index in [1.54, 1.807) is 6.92 Å². The van der Waals surface area contributed by atoms with Gasteiger partial charge in [-0.3, -0.25) is 34.3 Å². The van der Waals surface area contributed by atoms with Crippen molar-refractivity contribution in [3.8, 4) is 0 Å². The van der Waals surface area contributed by atoms with Crippen molar-refractivity contribution in [2.45, 2.75) is 6.92 Å². The molecule has 0 fully saturated rings. The summed E-state index contributed by atoms with van der Waals surface area (Å²) in [6, 6.07) is 2.07. The van der Waals surface area contributed by atoms with Crippen LogP contribution in [0.15, 0.2) is 49.7 Å². The Labute approximate surface area is 177 Å². The van der Waals surface area contributed by atoms with E-state index in [-0.39, 0.29) is 27.8 Å². The van der Waals surface area contributed by atoms with Crippen LogP contribution in [0.2, 0.25) is 0 Å².